The Bertz CT molecular complexity index is 216. The molecule has 1 aromatic carbocycles. The average molecular weight is 203 g/mol. The van der Waals surface area contributed by atoms with E-state index in [9.17, 15) is 9.90 Å². The van der Waals surface area contributed by atoms with Crippen LogP contribution in [0.25, 0.3) is 0 Å². The van der Waals surface area contributed by atoms with E-state index >= 15 is 0 Å². The summed E-state index contributed by atoms with van der Waals surface area (Å²) in [5, 5.41) is 10.1. The maximum absolute atomic E-state index is 10.1. The zero-order valence-electron chi connectivity index (χ0n) is 7.08. The predicted molar refractivity (Wildman–Crippen MR) is 30.8 cm³/mol. The van der Waals surface area contributed by atoms with Crippen molar-refractivity contribution in [3.05, 3.63) is 35.9 Å². The SMILES string of the molecule is O=C([O-])c1ccccc1.[Cl-].[Na+].[Na+]. The zero-order valence-corrected chi connectivity index (χ0v) is 11.8. The molecule has 0 atom stereocenters. The smallest absolute Gasteiger partial charge is 1.00 e. The number of carboxylic acid groups (broad SMARTS) is 1. The average Bonchev–Trinajstić information content (AvgIpc) is 1.90. The van der Waals surface area contributed by atoms with Crippen molar-refractivity contribution in [2.24, 2.45) is 0 Å². The van der Waals surface area contributed by atoms with Crippen molar-refractivity contribution in [2.75, 3.05) is 0 Å². The fourth-order valence-electron chi connectivity index (χ4n) is 0.574. The first-order valence-corrected chi connectivity index (χ1v) is 2.57. The van der Waals surface area contributed by atoms with Crippen molar-refractivity contribution in [2.45, 2.75) is 0 Å². The van der Waals surface area contributed by atoms with Crippen LogP contribution in [0, 0.1) is 0 Å². The molecule has 12 heavy (non-hydrogen) atoms. The maximum atomic E-state index is 10.1. The Morgan fingerprint density at radius 3 is 1.75 bits per heavy atom. The van der Waals surface area contributed by atoms with Crippen LogP contribution in [-0.4, -0.2) is 5.97 Å². The minimum Gasteiger partial charge on any atom is -1.00 e. The van der Waals surface area contributed by atoms with Gasteiger partial charge in [-0.15, -0.1) is 0 Å². The molecular weight excluding hydrogens is 198 g/mol. The van der Waals surface area contributed by atoms with Crippen LogP contribution in [0.15, 0.2) is 30.3 Å². The van der Waals surface area contributed by atoms with Crippen molar-refractivity contribution >= 4 is 5.97 Å². The molecule has 0 saturated carbocycles. The molecular formula is C7H5ClNa2O2. The van der Waals surface area contributed by atoms with Crippen LogP contribution in [0.1, 0.15) is 10.4 Å². The van der Waals surface area contributed by atoms with Crippen molar-refractivity contribution < 1.29 is 81.4 Å². The first kappa shape index (κ1) is 18.7. The van der Waals surface area contributed by atoms with E-state index in [1.165, 1.54) is 12.1 Å². The summed E-state index contributed by atoms with van der Waals surface area (Å²) in [6, 6.07) is 8.06. The maximum Gasteiger partial charge on any atom is 1.00 e. The van der Waals surface area contributed by atoms with E-state index in [1.807, 2.05) is 0 Å². The van der Waals surface area contributed by atoms with Gasteiger partial charge in [0.15, 0.2) is 0 Å². The van der Waals surface area contributed by atoms with Crippen LogP contribution in [0.5, 0.6) is 0 Å². The third kappa shape index (κ3) is 6.49. The molecule has 5 heteroatoms. The Labute approximate surface area is 122 Å². The number of benzene rings is 1. The second-order valence-corrected chi connectivity index (χ2v) is 1.65. The molecule has 54 valence electrons. The molecule has 0 aliphatic rings. The van der Waals surface area contributed by atoms with Crippen LogP contribution >= 0.6 is 0 Å². The normalized spacial score (nSPS) is 6.67. The third-order valence-electron chi connectivity index (χ3n) is 1.01. The van der Waals surface area contributed by atoms with Crippen LogP contribution in [0.4, 0.5) is 0 Å². The van der Waals surface area contributed by atoms with E-state index in [-0.39, 0.29) is 77.1 Å². The zero-order chi connectivity index (χ0) is 6.69. The molecule has 0 heterocycles. The molecule has 0 bridgehead atoms. The third-order valence-corrected chi connectivity index (χ3v) is 1.01. The van der Waals surface area contributed by atoms with Crippen molar-refractivity contribution in [1.29, 1.82) is 0 Å². The molecule has 1 rings (SSSR count). The molecule has 0 saturated heterocycles. The number of hydrogen-bond acceptors (Lipinski definition) is 2. The quantitative estimate of drug-likeness (QED) is 0.425. The first-order chi connectivity index (χ1) is 4.30. The molecule has 0 aliphatic carbocycles. The predicted octanol–water partition coefficient (Wildman–Crippen LogP) is -8.94. The number of aromatic carboxylic acids is 1. The summed E-state index contributed by atoms with van der Waals surface area (Å²) in [7, 11) is 0. The Morgan fingerprint density at radius 2 is 1.50 bits per heavy atom. The summed E-state index contributed by atoms with van der Waals surface area (Å²) in [5.74, 6) is -1.13. The monoisotopic (exact) mass is 202 g/mol. The van der Waals surface area contributed by atoms with Gasteiger partial charge in [-0.3, -0.25) is 0 Å². The summed E-state index contributed by atoms with van der Waals surface area (Å²) in [6.07, 6.45) is 0. The summed E-state index contributed by atoms with van der Waals surface area (Å²) in [4.78, 5) is 10.1. The molecule has 0 spiro atoms. The van der Waals surface area contributed by atoms with Gasteiger partial charge in [0.2, 0.25) is 0 Å². The number of carboxylic acids is 1. The van der Waals surface area contributed by atoms with E-state index < -0.39 is 5.97 Å². The first-order valence-electron chi connectivity index (χ1n) is 2.57. The van der Waals surface area contributed by atoms with Gasteiger partial charge in [-0.05, 0) is 5.56 Å². The Hall–Kier alpha value is 0.980. The fourth-order valence-corrected chi connectivity index (χ4v) is 0.574. The van der Waals surface area contributed by atoms with Gasteiger partial charge in [0.25, 0.3) is 0 Å². The minimum atomic E-state index is -1.13. The van der Waals surface area contributed by atoms with Gasteiger partial charge < -0.3 is 22.3 Å². The van der Waals surface area contributed by atoms with Gasteiger partial charge in [0.05, 0.1) is 5.97 Å². The second kappa shape index (κ2) is 10.1. The summed E-state index contributed by atoms with van der Waals surface area (Å²) in [5.41, 5.74) is 0.220. The van der Waals surface area contributed by atoms with Gasteiger partial charge >= 0.3 is 59.1 Å². The van der Waals surface area contributed by atoms with Crippen molar-refractivity contribution in [3.63, 3.8) is 0 Å². The summed E-state index contributed by atoms with van der Waals surface area (Å²) < 4.78 is 0. The van der Waals surface area contributed by atoms with Crippen molar-refractivity contribution in [1.82, 2.24) is 0 Å². The molecule has 1 aromatic rings. The van der Waals surface area contributed by atoms with E-state index in [1.54, 1.807) is 18.2 Å². The molecule has 0 unspecified atom stereocenters. The van der Waals surface area contributed by atoms with Gasteiger partial charge in [-0.1, -0.05) is 30.3 Å². The van der Waals surface area contributed by atoms with E-state index in [2.05, 4.69) is 0 Å². The number of rotatable bonds is 1. The van der Waals surface area contributed by atoms with Gasteiger partial charge in [-0.25, -0.2) is 0 Å². The number of halogens is 1. The number of carbonyl (C=O) groups excluding carboxylic acids is 1. The summed E-state index contributed by atoms with van der Waals surface area (Å²) in [6.45, 7) is 0. The van der Waals surface area contributed by atoms with Crippen LogP contribution in [-0.2, 0) is 0 Å². The standard InChI is InChI=1S/C7H6O2.ClH.2Na/c8-7(9)6-4-2-1-3-5-6;;;/h1-5H,(H,8,9);1H;;/q;;2*+1/p-2. The van der Waals surface area contributed by atoms with Crippen LogP contribution in [0.3, 0.4) is 0 Å². The van der Waals surface area contributed by atoms with Crippen LogP contribution < -0.4 is 76.6 Å². The summed E-state index contributed by atoms with van der Waals surface area (Å²) >= 11 is 0. The number of hydrogen-bond donors (Lipinski definition) is 0. The van der Waals surface area contributed by atoms with E-state index in [4.69, 9.17) is 0 Å². The molecule has 0 fully saturated rings. The molecule has 0 aliphatic heterocycles. The second-order valence-electron chi connectivity index (χ2n) is 1.65. The number of carbonyl (C=O) groups is 1. The Kier molecular flexibility index (Phi) is 15.7. The van der Waals surface area contributed by atoms with Crippen LogP contribution in [0.2, 0.25) is 0 Å². The molecule has 0 N–H and O–H groups in total. The molecule has 2 nitrogen and oxygen atoms in total. The topological polar surface area (TPSA) is 40.1 Å². The van der Waals surface area contributed by atoms with Crippen molar-refractivity contribution in [3.8, 4) is 0 Å². The fraction of sp³-hybridized carbons (Fsp3) is 0. The van der Waals surface area contributed by atoms with Gasteiger partial charge in [0.1, 0.15) is 0 Å². The van der Waals surface area contributed by atoms with Gasteiger partial charge in [-0.2, -0.15) is 0 Å². The van der Waals surface area contributed by atoms with Gasteiger partial charge in [0, 0.05) is 0 Å². The minimum absolute atomic E-state index is 0. The largest absolute Gasteiger partial charge is 1.00 e. The molecule has 0 radical (unpaired) electrons. The Balaban J connectivity index is -0.000000270. The van der Waals surface area contributed by atoms with E-state index in [0.29, 0.717) is 0 Å². The molecule has 0 aromatic heterocycles. The Morgan fingerprint density at radius 1 is 1.08 bits per heavy atom. The molecule has 0 amide bonds. The van der Waals surface area contributed by atoms with E-state index in [0.717, 1.165) is 0 Å².